The molecule has 0 aliphatic carbocycles. The molecule has 0 unspecified atom stereocenters. The zero-order valence-electron chi connectivity index (χ0n) is 6.36. The van der Waals surface area contributed by atoms with Gasteiger partial charge in [-0.1, -0.05) is 0 Å². The van der Waals surface area contributed by atoms with E-state index in [1.807, 2.05) is 12.1 Å². The lowest BCUT2D eigenvalue weighted by Crippen LogP contribution is -1.84. The number of pyridine rings is 2. The van der Waals surface area contributed by atoms with Crippen LogP contribution in [0.3, 0.4) is 0 Å². The van der Waals surface area contributed by atoms with E-state index < -0.39 is 0 Å². The van der Waals surface area contributed by atoms with Gasteiger partial charge >= 0.3 is 0 Å². The summed E-state index contributed by atoms with van der Waals surface area (Å²) in [4.78, 5) is 8.05. The molecule has 2 heteroatoms. The van der Waals surface area contributed by atoms with Crippen molar-refractivity contribution in [2.24, 2.45) is 0 Å². The lowest BCUT2D eigenvalue weighted by Gasteiger charge is -1.96. The fourth-order valence-electron chi connectivity index (χ4n) is 1.13. The number of nitrogens with zero attached hydrogens (tertiary/aromatic N) is 2. The van der Waals surface area contributed by atoms with Crippen molar-refractivity contribution in [1.29, 1.82) is 0 Å². The molecule has 0 aliphatic rings. The van der Waals surface area contributed by atoms with Gasteiger partial charge in [-0.2, -0.15) is 0 Å². The third-order valence-electron chi connectivity index (χ3n) is 1.70. The van der Waals surface area contributed by atoms with Crippen molar-refractivity contribution in [3.8, 4) is 12.3 Å². The van der Waals surface area contributed by atoms with Crippen molar-refractivity contribution < 1.29 is 0 Å². The zero-order chi connectivity index (χ0) is 8.39. The predicted octanol–water partition coefficient (Wildman–Crippen LogP) is 1.61. The highest BCUT2D eigenvalue weighted by atomic mass is 14.7. The summed E-state index contributed by atoms with van der Waals surface area (Å²) in [5.41, 5.74) is 0.676. The SMILES string of the molecule is C#Cc1nccc2cnccc12. The van der Waals surface area contributed by atoms with E-state index in [4.69, 9.17) is 6.42 Å². The van der Waals surface area contributed by atoms with Crippen molar-refractivity contribution in [2.75, 3.05) is 0 Å². The average Bonchev–Trinajstić information content (AvgIpc) is 2.17. The molecular formula is C10H6N2. The standard InChI is InChI=1S/C10H6N2/c1-2-10-9-4-5-11-7-8(9)3-6-12-10/h1,3-7H. The van der Waals surface area contributed by atoms with Crippen LogP contribution >= 0.6 is 0 Å². The highest BCUT2D eigenvalue weighted by Gasteiger charge is 1.96. The highest BCUT2D eigenvalue weighted by Crippen LogP contribution is 2.13. The second-order valence-electron chi connectivity index (χ2n) is 2.40. The molecule has 0 N–H and O–H groups in total. The van der Waals surface area contributed by atoms with E-state index in [0.717, 1.165) is 10.8 Å². The summed E-state index contributed by atoms with van der Waals surface area (Å²) in [5.74, 6) is 2.53. The van der Waals surface area contributed by atoms with Gasteiger partial charge in [0.1, 0.15) is 5.69 Å². The van der Waals surface area contributed by atoms with Gasteiger partial charge in [-0.3, -0.25) is 4.98 Å². The lowest BCUT2D eigenvalue weighted by molar-refractivity contribution is 1.30. The van der Waals surface area contributed by atoms with Gasteiger partial charge in [-0.05, 0) is 18.1 Å². The summed E-state index contributed by atoms with van der Waals surface area (Å²) >= 11 is 0. The maximum atomic E-state index is 5.28. The minimum absolute atomic E-state index is 0.676. The second kappa shape index (κ2) is 2.63. The molecular weight excluding hydrogens is 148 g/mol. The first-order valence-electron chi connectivity index (χ1n) is 3.57. The quantitative estimate of drug-likeness (QED) is 0.539. The smallest absolute Gasteiger partial charge is 0.120 e. The summed E-state index contributed by atoms with van der Waals surface area (Å²) in [6.45, 7) is 0. The molecule has 0 saturated carbocycles. The highest BCUT2D eigenvalue weighted by molar-refractivity contribution is 5.85. The van der Waals surface area contributed by atoms with Crippen LogP contribution in [0.2, 0.25) is 0 Å². The van der Waals surface area contributed by atoms with E-state index in [2.05, 4.69) is 15.9 Å². The number of terminal acetylenes is 1. The van der Waals surface area contributed by atoms with Crippen molar-refractivity contribution in [1.82, 2.24) is 9.97 Å². The number of hydrogen-bond acceptors (Lipinski definition) is 2. The fourth-order valence-corrected chi connectivity index (χ4v) is 1.13. The molecule has 2 aromatic rings. The van der Waals surface area contributed by atoms with Crippen LogP contribution in [0.1, 0.15) is 5.69 Å². The Morgan fingerprint density at radius 2 is 2.17 bits per heavy atom. The molecule has 12 heavy (non-hydrogen) atoms. The fraction of sp³-hybridized carbons (Fsp3) is 0. The Morgan fingerprint density at radius 1 is 1.25 bits per heavy atom. The van der Waals surface area contributed by atoms with E-state index in [1.54, 1.807) is 18.6 Å². The molecule has 2 aromatic heterocycles. The molecule has 2 rings (SSSR count). The van der Waals surface area contributed by atoms with Crippen LogP contribution in [0.15, 0.2) is 30.7 Å². The maximum absolute atomic E-state index is 5.28. The first-order chi connectivity index (χ1) is 5.92. The Hall–Kier alpha value is -1.88. The van der Waals surface area contributed by atoms with Gasteiger partial charge in [0.2, 0.25) is 0 Å². The molecule has 0 amide bonds. The largest absolute Gasteiger partial charge is 0.264 e. The van der Waals surface area contributed by atoms with Crippen molar-refractivity contribution in [2.45, 2.75) is 0 Å². The molecule has 0 saturated heterocycles. The minimum Gasteiger partial charge on any atom is -0.264 e. The molecule has 56 valence electrons. The van der Waals surface area contributed by atoms with Crippen molar-refractivity contribution in [3.05, 3.63) is 36.4 Å². The normalized spacial score (nSPS) is 9.58. The van der Waals surface area contributed by atoms with Gasteiger partial charge in [0.15, 0.2) is 0 Å². The molecule has 0 radical (unpaired) electrons. The lowest BCUT2D eigenvalue weighted by atomic mass is 10.2. The van der Waals surface area contributed by atoms with E-state index in [1.165, 1.54) is 0 Å². The molecule has 0 fully saturated rings. The summed E-state index contributed by atoms with van der Waals surface area (Å²) < 4.78 is 0. The van der Waals surface area contributed by atoms with Crippen molar-refractivity contribution >= 4 is 10.8 Å². The Kier molecular flexibility index (Phi) is 1.49. The first kappa shape index (κ1) is 6.81. The molecule has 2 heterocycles. The molecule has 2 nitrogen and oxygen atoms in total. The summed E-state index contributed by atoms with van der Waals surface area (Å²) in [6, 6.07) is 3.76. The van der Waals surface area contributed by atoms with Crippen LogP contribution in [0.25, 0.3) is 10.8 Å². The summed E-state index contributed by atoms with van der Waals surface area (Å²) in [5, 5.41) is 2.01. The van der Waals surface area contributed by atoms with Gasteiger partial charge in [0.05, 0.1) is 0 Å². The van der Waals surface area contributed by atoms with E-state index in [-0.39, 0.29) is 0 Å². The number of rotatable bonds is 0. The second-order valence-corrected chi connectivity index (χ2v) is 2.40. The van der Waals surface area contributed by atoms with Crippen LogP contribution in [-0.2, 0) is 0 Å². The number of hydrogen-bond donors (Lipinski definition) is 0. The molecule has 0 aromatic carbocycles. The molecule has 0 spiro atoms. The maximum Gasteiger partial charge on any atom is 0.120 e. The van der Waals surface area contributed by atoms with E-state index >= 15 is 0 Å². The van der Waals surface area contributed by atoms with Gasteiger partial charge in [-0.15, -0.1) is 6.42 Å². The van der Waals surface area contributed by atoms with Crippen molar-refractivity contribution in [3.63, 3.8) is 0 Å². The Labute approximate surface area is 70.3 Å². The van der Waals surface area contributed by atoms with Gasteiger partial charge in [-0.25, -0.2) is 4.98 Å². The summed E-state index contributed by atoms with van der Waals surface area (Å²) in [7, 11) is 0. The molecule has 0 atom stereocenters. The van der Waals surface area contributed by atoms with Crippen LogP contribution in [0, 0.1) is 12.3 Å². The van der Waals surface area contributed by atoms with Gasteiger partial charge < -0.3 is 0 Å². The molecule has 0 aliphatic heterocycles. The van der Waals surface area contributed by atoms with Crippen LogP contribution < -0.4 is 0 Å². The predicted molar refractivity (Wildman–Crippen MR) is 47.5 cm³/mol. The first-order valence-corrected chi connectivity index (χ1v) is 3.57. The Bertz CT molecular complexity index is 449. The van der Waals surface area contributed by atoms with Gasteiger partial charge in [0.25, 0.3) is 0 Å². The van der Waals surface area contributed by atoms with Crippen LogP contribution in [0.5, 0.6) is 0 Å². The third kappa shape index (κ3) is 0.923. The topological polar surface area (TPSA) is 25.8 Å². The Morgan fingerprint density at radius 3 is 3.00 bits per heavy atom. The summed E-state index contributed by atoms with van der Waals surface area (Å²) in [6.07, 6.45) is 10.5. The third-order valence-corrected chi connectivity index (χ3v) is 1.70. The molecule has 0 bridgehead atoms. The van der Waals surface area contributed by atoms with Crippen LogP contribution in [0.4, 0.5) is 0 Å². The zero-order valence-corrected chi connectivity index (χ0v) is 6.36. The van der Waals surface area contributed by atoms with E-state index in [0.29, 0.717) is 5.69 Å². The number of fused-ring (bicyclic) bond motifs is 1. The van der Waals surface area contributed by atoms with Crippen LogP contribution in [-0.4, -0.2) is 9.97 Å². The average molecular weight is 154 g/mol. The Balaban J connectivity index is 2.91. The monoisotopic (exact) mass is 154 g/mol. The minimum atomic E-state index is 0.676. The number of aromatic nitrogens is 2. The van der Waals surface area contributed by atoms with E-state index in [9.17, 15) is 0 Å². The van der Waals surface area contributed by atoms with Gasteiger partial charge in [0, 0.05) is 29.4 Å².